The van der Waals surface area contributed by atoms with Gasteiger partial charge in [0.15, 0.2) is 0 Å². The van der Waals surface area contributed by atoms with E-state index in [2.05, 4.69) is 0 Å². The zero-order chi connectivity index (χ0) is 19.7. The van der Waals surface area contributed by atoms with E-state index in [1.54, 1.807) is 14.2 Å². The summed E-state index contributed by atoms with van der Waals surface area (Å²) in [5, 5.41) is 20.9. The lowest BCUT2D eigenvalue weighted by Crippen LogP contribution is -1.88. The Morgan fingerprint density at radius 1 is 0.714 bits per heavy atom. The molecule has 4 aromatic rings. The molecule has 0 bridgehead atoms. The monoisotopic (exact) mass is 375 g/mol. The van der Waals surface area contributed by atoms with Gasteiger partial charge in [0.1, 0.15) is 28.4 Å². The van der Waals surface area contributed by atoms with Crippen molar-refractivity contribution in [3.05, 3.63) is 66.7 Å². The van der Waals surface area contributed by atoms with Gasteiger partial charge >= 0.3 is 11.3 Å². The number of methoxy groups -OCH3 is 2. The zero-order valence-corrected chi connectivity index (χ0v) is 15.5. The predicted molar refractivity (Wildman–Crippen MR) is 108 cm³/mol. The van der Waals surface area contributed by atoms with Gasteiger partial charge in [-0.15, -0.1) is 0 Å². The molecule has 0 aliphatic rings. The quantitative estimate of drug-likeness (QED) is 0.463. The molecule has 0 aliphatic heterocycles. The minimum Gasteiger partial charge on any atom is -0.507 e. The van der Waals surface area contributed by atoms with Crippen LogP contribution in [0.1, 0.15) is 0 Å². The van der Waals surface area contributed by atoms with E-state index in [4.69, 9.17) is 13.9 Å². The first-order valence-electron chi connectivity index (χ1n) is 8.70. The summed E-state index contributed by atoms with van der Waals surface area (Å²) >= 11 is 0. The Morgan fingerprint density at radius 2 is 1.29 bits per heavy atom. The van der Waals surface area contributed by atoms with Crippen LogP contribution in [-0.4, -0.2) is 24.4 Å². The maximum absolute atomic E-state index is 10.5. The van der Waals surface area contributed by atoms with Crippen molar-refractivity contribution in [1.82, 2.24) is 0 Å². The van der Waals surface area contributed by atoms with Gasteiger partial charge in [-0.25, -0.2) is 4.42 Å². The SMILES string of the molecule is COc1ccc(-c2cc(-c3ccc(OC)cc3)c3c(O)cc(O)cc3[o+]2)cc1. The van der Waals surface area contributed by atoms with Crippen LogP contribution in [0.2, 0.25) is 0 Å². The van der Waals surface area contributed by atoms with Gasteiger partial charge in [0, 0.05) is 11.6 Å². The van der Waals surface area contributed by atoms with E-state index in [0.29, 0.717) is 16.7 Å². The largest absolute Gasteiger partial charge is 0.507 e. The topological polar surface area (TPSA) is 70.2 Å². The lowest BCUT2D eigenvalue weighted by molar-refractivity contribution is 0.414. The molecule has 1 aromatic heterocycles. The van der Waals surface area contributed by atoms with Gasteiger partial charge in [0.2, 0.25) is 0 Å². The number of fused-ring (bicyclic) bond motifs is 1. The van der Waals surface area contributed by atoms with Crippen molar-refractivity contribution >= 4 is 11.0 Å². The summed E-state index contributed by atoms with van der Waals surface area (Å²) in [6, 6.07) is 19.7. The highest BCUT2D eigenvalue weighted by molar-refractivity contribution is 6.00. The third-order valence-electron chi connectivity index (χ3n) is 4.61. The molecule has 0 amide bonds. The van der Waals surface area contributed by atoms with E-state index in [-0.39, 0.29) is 11.5 Å². The molecule has 0 atom stereocenters. The average molecular weight is 375 g/mol. The molecule has 5 nitrogen and oxygen atoms in total. The van der Waals surface area contributed by atoms with Gasteiger partial charge in [0.05, 0.1) is 31.9 Å². The summed E-state index contributed by atoms with van der Waals surface area (Å²) in [6.45, 7) is 0. The lowest BCUT2D eigenvalue weighted by atomic mass is 9.98. The van der Waals surface area contributed by atoms with Gasteiger partial charge in [-0.05, 0) is 42.0 Å². The Bertz CT molecular complexity index is 1130. The number of aromatic hydroxyl groups is 2. The van der Waals surface area contributed by atoms with Crippen LogP contribution >= 0.6 is 0 Å². The van der Waals surface area contributed by atoms with E-state index in [1.165, 1.54) is 12.1 Å². The van der Waals surface area contributed by atoms with Crippen LogP contribution in [0.5, 0.6) is 23.0 Å². The van der Waals surface area contributed by atoms with Crippen LogP contribution in [0.3, 0.4) is 0 Å². The molecular weight excluding hydrogens is 356 g/mol. The third kappa shape index (κ3) is 3.18. The number of hydrogen-bond donors (Lipinski definition) is 2. The highest BCUT2D eigenvalue weighted by atomic mass is 16.5. The third-order valence-corrected chi connectivity index (χ3v) is 4.61. The molecule has 0 saturated carbocycles. The Kier molecular flexibility index (Phi) is 4.49. The molecule has 0 fully saturated rings. The number of ether oxygens (including phenoxy) is 2. The Labute approximate surface area is 162 Å². The first-order valence-corrected chi connectivity index (χ1v) is 8.70. The summed E-state index contributed by atoms with van der Waals surface area (Å²) in [6.07, 6.45) is 0. The highest BCUT2D eigenvalue weighted by Crippen LogP contribution is 2.41. The van der Waals surface area contributed by atoms with Gasteiger partial charge in [-0.2, -0.15) is 0 Å². The van der Waals surface area contributed by atoms with Crippen molar-refractivity contribution in [2.45, 2.75) is 0 Å². The normalized spacial score (nSPS) is 10.8. The Morgan fingerprint density at radius 3 is 1.86 bits per heavy atom. The predicted octanol–water partition coefficient (Wildman–Crippen LogP) is 5.48. The fraction of sp³-hybridized carbons (Fsp3) is 0.0870. The van der Waals surface area contributed by atoms with E-state index in [9.17, 15) is 10.2 Å². The highest BCUT2D eigenvalue weighted by Gasteiger charge is 2.23. The van der Waals surface area contributed by atoms with Crippen molar-refractivity contribution in [3.63, 3.8) is 0 Å². The fourth-order valence-corrected chi connectivity index (χ4v) is 3.18. The number of benzene rings is 3. The summed E-state index contributed by atoms with van der Waals surface area (Å²) in [7, 11) is 3.23. The van der Waals surface area contributed by atoms with Crippen molar-refractivity contribution in [2.24, 2.45) is 0 Å². The van der Waals surface area contributed by atoms with Crippen molar-refractivity contribution in [3.8, 4) is 45.4 Å². The molecular formula is C23H19O5+. The van der Waals surface area contributed by atoms with Crippen LogP contribution in [0.15, 0.2) is 71.1 Å². The average Bonchev–Trinajstić information content (AvgIpc) is 2.72. The molecule has 4 rings (SSSR count). The first kappa shape index (κ1) is 17.7. The minimum atomic E-state index is -0.0682. The van der Waals surface area contributed by atoms with Crippen LogP contribution < -0.4 is 9.47 Å². The first-order chi connectivity index (χ1) is 13.6. The second-order valence-electron chi connectivity index (χ2n) is 6.32. The van der Waals surface area contributed by atoms with E-state index in [0.717, 1.165) is 28.2 Å². The number of rotatable bonds is 4. The summed E-state index contributed by atoms with van der Waals surface area (Å²) in [5.41, 5.74) is 2.90. The van der Waals surface area contributed by atoms with Crippen LogP contribution in [0.25, 0.3) is 33.4 Å². The summed E-state index contributed by atoms with van der Waals surface area (Å²) in [5.74, 6) is 1.97. The van der Waals surface area contributed by atoms with Crippen LogP contribution in [0.4, 0.5) is 0 Å². The van der Waals surface area contributed by atoms with Crippen LogP contribution in [0, 0.1) is 0 Å². The van der Waals surface area contributed by atoms with Gasteiger partial charge in [-0.3, -0.25) is 0 Å². The lowest BCUT2D eigenvalue weighted by Gasteiger charge is -2.07. The van der Waals surface area contributed by atoms with Gasteiger partial charge < -0.3 is 19.7 Å². The summed E-state index contributed by atoms with van der Waals surface area (Å²) in [4.78, 5) is 0. The molecule has 3 aromatic carbocycles. The van der Waals surface area contributed by atoms with Crippen LogP contribution in [-0.2, 0) is 0 Å². The molecule has 0 radical (unpaired) electrons. The minimum absolute atomic E-state index is 0.0501. The van der Waals surface area contributed by atoms with Gasteiger partial charge in [-0.1, -0.05) is 12.1 Å². The smallest absolute Gasteiger partial charge is 0.368 e. The molecule has 140 valence electrons. The van der Waals surface area contributed by atoms with Crippen molar-refractivity contribution in [1.29, 1.82) is 0 Å². The maximum Gasteiger partial charge on any atom is 0.368 e. The molecule has 0 aliphatic carbocycles. The molecule has 28 heavy (non-hydrogen) atoms. The summed E-state index contributed by atoms with van der Waals surface area (Å²) < 4.78 is 16.5. The number of hydrogen-bond acceptors (Lipinski definition) is 4. The van der Waals surface area contributed by atoms with Crippen molar-refractivity contribution < 1.29 is 24.1 Å². The standard InChI is InChI=1S/C23H18O5/c1-26-17-7-3-14(4-8-17)19-13-21(15-5-9-18(27-2)10-6-15)28-22-12-16(24)11-20(25)23(19)22/h3-13H,1-2H3,(H-,24,25)/p+1. The molecule has 0 spiro atoms. The Hall–Kier alpha value is -3.73. The van der Waals surface area contributed by atoms with E-state index in [1.807, 2.05) is 54.6 Å². The molecule has 0 saturated heterocycles. The fourth-order valence-electron chi connectivity index (χ4n) is 3.18. The van der Waals surface area contributed by atoms with Crippen molar-refractivity contribution in [2.75, 3.05) is 14.2 Å². The van der Waals surface area contributed by atoms with E-state index >= 15 is 0 Å². The Balaban J connectivity index is 1.96. The second-order valence-corrected chi connectivity index (χ2v) is 6.32. The molecule has 1 heterocycles. The number of phenols is 2. The molecule has 2 N–H and O–H groups in total. The zero-order valence-electron chi connectivity index (χ0n) is 15.5. The van der Waals surface area contributed by atoms with E-state index < -0.39 is 0 Å². The van der Waals surface area contributed by atoms with Gasteiger partial charge in [0.25, 0.3) is 0 Å². The second kappa shape index (κ2) is 7.12. The molecule has 5 heteroatoms. The molecule has 0 unspecified atom stereocenters. The maximum atomic E-state index is 10.5. The number of phenolic OH excluding ortho intramolecular Hbond substituents is 2.